The molecule has 134 valence electrons. The maximum absolute atomic E-state index is 13.6. The van der Waals surface area contributed by atoms with Crippen LogP contribution >= 0.6 is 0 Å². The Hall–Kier alpha value is -1.70. The molecule has 0 saturated carbocycles. The number of aliphatic imine (C=N–C) groups is 1. The molecule has 2 rings (SSSR count). The highest BCUT2D eigenvalue weighted by atomic mass is 32.2. The van der Waals surface area contributed by atoms with Crippen molar-refractivity contribution in [3.05, 3.63) is 35.4 Å². The fraction of sp³-hybridized carbons (Fsp3) is 0.562. The van der Waals surface area contributed by atoms with E-state index in [1.54, 1.807) is 20.9 Å². The first-order chi connectivity index (χ1) is 11.2. The van der Waals surface area contributed by atoms with Gasteiger partial charge in [0.2, 0.25) is 0 Å². The molecule has 5 nitrogen and oxygen atoms in total. The zero-order valence-corrected chi connectivity index (χ0v) is 15.0. The van der Waals surface area contributed by atoms with Crippen LogP contribution in [-0.4, -0.2) is 56.5 Å². The van der Waals surface area contributed by atoms with E-state index in [-0.39, 0.29) is 17.7 Å². The number of hydrogen-bond donors (Lipinski definition) is 1. The van der Waals surface area contributed by atoms with Crippen molar-refractivity contribution < 1.29 is 17.2 Å². The second kappa shape index (κ2) is 7.04. The first-order valence-electron chi connectivity index (χ1n) is 7.79. The zero-order valence-electron chi connectivity index (χ0n) is 14.1. The van der Waals surface area contributed by atoms with Crippen LogP contribution in [-0.2, 0) is 16.3 Å². The van der Waals surface area contributed by atoms with E-state index in [4.69, 9.17) is 0 Å². The lowest BCUT2D eigenvalue weighted by Gasteiger charge is -2.39. The van der Waals surface area contributed by atoms with Crippen LogP contribution in [0, 0.1) is 11.6 Å². The number of sulfone groups is 1. The Morgan fingerprint density at radius 1 is 1.33 bits per heavy atom. The normalized spacial score (nSPS) is 20.0. The smallest absolute Gasteiger partial charge is 0.193 e. The molecule has 1 aliphatic heterocycles. The standard InChI is InChI=1S/C16H23F2N3O2S/c1-16(2)11-21(9-10-24(16,22)23)15(19-3)20-8-7-12-13(17)5-4-6-14(12)18/h4-6H,7-11H2,1-3H3,(H,19,20). The van der Waals surface area contributed by atoms with Crippen LogP contribution in [0.15, 0.2) is 23.2 Å². The number of nitrogens with zero attached hydrogens (tertiary/aromatic N) is 2. The summed E-state index contributed by atoms with van der Waals surface area (Å²) in [5.74, 6) is -0.550. The van der Waals surface area contributed by atoms with Crippen LogP contribution < -0.4 is 5.32 Å². The molecule has 0 amide bonds. The summed E-state index contributed by atoms with van der Waals surface area (Å²) in [5.41, 5.74) is 0.0296. The second-order valence-electron chi connectivity index (χ2n) is 6.42. The van der Waals surface area contributed by atoms with Crippen molar-refractivity contribution in [2.75, 3.05) is 32.4 Å². The van der Waals surface area contributed by atoms with Gasteiger partial charge >= 0.3 is 0 Å². The van der Waals surface area contributed by atoms with E-state index in [1.165, 1.54) is 18.2 Å². The summed E-state index contributed by atoms with van der Waals surface area (Å²) in [6.07, 6.45) is 0.174. The van der Waals surface area contributed by atoms with E-state index in [2.05, 4.69) is 10.3 Å². The Balaban J connectivity index is 1.99. The molecule has 0 bridgehead atoms. The molecular formula is C16H23F2N3O2S. The Kier molecular flexibility index (Phi) is 5.47. The van der Waals surface area contributed by atoms with Crippen molar-refractivity contribution in [2.24, 2.45) is 4.99 Å². The third-order valence-corrected chi connectivity index (χ3v) is 6.81. The number of halogens is 2. The van der Waals surface area contributed by atoms with Crippen molar-refractivity contribution in [1.82, 2.24) is 10.2 Å². The molecule has 1 aromatic carbocycles. The van der Waals surface area contributed by atoms with E-state index in [0.29, 0.717) is 25.6 Å². The zero-order chi connectivity index (χ0) is 18.0. The van der Waals surface area contributed by atoms with Gasteiger partial charge < -0.3 is 10.2 Å². The SMILES string of the molecule is CN=C(NCCc1c(F)cccc1F)N1CCS(=O)(=O)C(C)(C)C1. The molecule has 8 heteroatoms. The molecule has 0 aliphatic carbocycles. The van der Waals surface area contributed by atoms with E-state index in [1.807, 2.05) is 4.90 Å². The monoisotopic (exact) mass is 359 g/mol. The van der Waals surface area contributed by atoms with E-state index < -0.39 is 26.2 Å². The minimum Gasteiger partial charge on any atom is -0.356 e. The van der Waals surface area contributed by atoms with E-state index in [0.717, 1.165) is 0 Å². The van der Waals surface area contributed by atoms with Gasteiger partial charge in [-0.05, 0) is 32.4 Å². The van der Waals surface area contributed by atoms with Gasteiger partial charge in [0.15, 0.2) is 15.8 Å². The second-order valence-corrected chi connectivity index (χ2v) is 9.17. The highest BCUT2D eigenvalue weighted by molar-refractivity contribution is 7.92. The van der Waals surface area contributed by atoms with Crippen LogP contribution in [0.4, 0.5) is 8.78 Å². The van der Waals surface area contributed by atoms with E-state index >= 15 is 0 Å². The minimum absolute atomic E-state index is 0.0296. The summed E-state index contributed by atoms with van der Waals surface area (Å²) in [6.45, 7) is 4.35. The summed E-state index contributed by atoms with van der Waals surface area (Å²) in [4.78, 5) is 6.01. The predicted octanol–water partition coefficient (Wildman–Crippen LogP) is 1.59. The highest BCUT2D eigenvalue weighted by Crippen LogP contribution is 2.23. The maximum Gasteiger partial charge on any atom is 0.193 e. The molecule has 0 aromatic heterocycles. The first-order valence-corrected chi connectivity index (χ1v) is 9.44. The largest absolute Gasteiger partial charge is 0.356 e. The number of hydrogen-bond acceptors (Lipinski definition) is 3. The molecule has 1 saturated heterocycles. The maximum atomic E-state index is 13.6. The van der Waals surface area contributed by atoms with Gasteiger partial charge in [-0.25, -0.2) is 17.2 Å². The van der Waals surface area contributed by atoms with E-state index in [9.17, 15) is 17.2 Å². The third-order valence-electron chi connectivity index (χ3n) is 4.27. The Labute approximate surface area is 141 Å². The van der Waals surface area contributed by atoms with Crippen molar-refractivity contribution in [2.45, 2.75) is 25.0 Å². The quantitative estimate of drug-likeness (QED) is 0.658. The van der Waals surface area contributed by atoms with Crippen LogP contribution in [0.5, 0.6) is 0 Å². The number of nitrogens with one attached hydrogen (secondary N) is 1. The lowest BCUT2D eigenvalue weighted by molar-refractivity contribution is 0.353. The molecule has 1 aliphatic rings. The summed E-state index contributed by atoms with van der Waals surface area (Å²) in [5, 5.41) is 3.05. The van der Waals surface area contributed by atoms with Crippen LogP contribution in [0.3, 0.4) is 0 Å². The third kappa shape index (κ3) is 3.85. The van der Waals surface area contributed by atoms with Crippen molar-refractivity contribution in [3.8, 4) is 0 Å². The fourth-order valence-electron chi connectivity index (χ4n) is 2.73. The van der Waals surface area contributed by atoms with Crippen LogP contribution in [0.25, 0.3) is 0 Å². The number of guanidine groups is 1. The Morgan fingerprint density at radius 2 is 1.96 bits per heavy atom. The summed E-state index contributed by atoms with van der Waals surface area (Å²) < 4.78 is 50.5. The van der Waals surface area contributed by atoms with Crippen molar-refractivity contribution >= 4 is 15.8 Å². The summed E-state index contributed by atoms with van der Waals surface area (Å²) in [6, 6.07) is 3.78. The average Bonchev–Trinajstić information content (AvgIpc) is 2.49. The van der Waals surface area contributed by atoms with Gasteiger partial charge in [0.1, 0.15) is 11.6 Å². The predicted molar refractivity (Wildman–Crippen MR) is 90.9 cm³/mol. The Bertz CT molecular complexity index is 713. The highest BCUT2D eigenvalue weighted by Gasteiger charge is 2.40. The van der Waals surface area contributed by atoms with Gasteiger partial charge in [0.25, 0.3) is 0 Å². The first kappa shape index (κ1) is 18.6. The molecule has 1 heterocycles. The van der Waals surface area contributed by atoms with Gasteiger partial charge in [-0.15, -0.1) is 0 Å². The summed E-state index contributed by atoms with van der Waals surface area (Å²) in [7, 11) is -1.53. The average molecular weight is 359 g/mol. The molecule has 1 fully saturated rings. The molecular weight excluding hydrogens is 336 g/mol. The van der Waals surface area contributed by atoms with Gasteiger partial charge in [-0.1, -0.05) is 6.07 Å². The summed E-state index contributed by atoms with van der Waals surface area (Å²) >= 11 is 0. The lowest BCUT2D eigenvalue weighted by atomic mass is 10.1. The van der Waals surface area contributed by atoms with Gasteiger partial charge in [-0.2, -0.15) is 0 Å². The van der Waals surface area contributed by atoms with Gasteiger partial charge in [0, 0.05) is 32.2 Å². The minimum atomic E-state index is -3.13. The van der Waals surface area contributed by atoms with Crippen molar-refractivity contribution in [3.63, 3.8) is 0 Å². The van der Waals surface area contributed by atoms with Crippen LogP contribution in [0.1, 0.15) is 19.4 Å². The number of rotatable bonds is 3. The lowest BCUT2D eigenvalue weighted by Crippen LogP contribution is -2.57. The number of benzene rings is 1. The molecule has 0 unspecified atom stereocenters. The molecule has 1 aromatic rings. The molecule has 0 atom stereocenters. The fourth-order valence-corrected chi connectivity index (χ4v) is 4.09. The molecule has 1 N–H and O–H groups in total. The van der Waals surface area contributed by atoms with Crippen molar-refractivity contribution in [1.29, 1.82) is 0 Å². The molecule has 0 radical (unpaired) electrons. The van der Waals surface area contributed by atoms with Gasteiger partial charge in [0.05, 0.1) is 10.5 Å². The Morgan fingerprint density at radius 3 is 2.50 bits per heavy atom. The van der Waals surface area contributed by atoms with Crippen LogP contribution in [0.2, 0.25) is 0 Å². The molecule has 24 heavy (non-hydrogen) atoms. The topological polar surface area (TPSA) is 61.8 Å². The van der Waals surface area contributed by atoms with Gasteiger partial charge in [-0.3, -0.25) is 4.99 Å². The molecule has 0 spiro atoms.